The molecule has 0 radical (unpaired) electrons. The number of carbonyl (C=O) groups excluding carboxylic acids is 1. The van der Waals surface area contributed by atoms with Crippen LogP contribution >= 0.6 is 11.8 Å². The summed E-state index contributed by atoms with van der Waals surface area (Å²) < 4.78 is 17.3. The van der Waals surface area contributed by atoms with Crippen molar-refractivity contribution in [3.05, 3.63) is 94.6 Å². The maximum absolute atomic E-state index is 12.9. The Morgan fingerprint density at radius 1 is 0.951 bits per heavy atom. The van der Waals surface area contributed by atoms with Gasteiger partial charge in [0, 0.05) is 5.56 Å². The number of hydrogen-bond acceptors (Lipinski definition) is 7. The second kappa shape index (κ2) is 11.6. The summed E-state index contributed by atoms with van der Waals surface area (Å²) in [5, 5.41) is 15.7. The van der Waals surface area contributed by atoms with E-state index in [1.54, 1.807) is 31.4 Å². The molecular formula is C32H32N4O4S. The van der Waals surface area contributed by atoms with E-state index in [0.717, 1.165) is 16.9 Å². The first-order valence-electron chi connectivity index (χ1n) is 13.2. The summed E-state index contributed by atoms with van der Waals surface area (Å²) in [5.41, 5.74) is 4.20. The highest BCUT2D eigenvalue weighted by molar-refractivity contribution is 8.27. The first-order valence-corrected chi connectivity index (χ1v) is 14.1. The number of aryl methyl sites for hydroxylation is 1. The molecule has 0 bridgehead atoms. The summed E-state index contributed by atoms with van der Waals surface area (Å²) in [5.74, 6) is 1.33. The Balaban J connectivity index is 1.24. The van der Waals surface area contributed by atoms with Gasteiger partial charge in [-0.05, 0) is 65.6 Å². The van der Waals surface area contributed by atoms with Crippen LogP contribution in [0.2, 0.25) is 0 Å². The van der Waals surface area contributed by atoms with Crippen molar-refractivity contribution in [1.82, 2.24) is 5.01 Å². The fraction of sp³-hybridized carbons (Fsp3) is 0.250. The molecule has 2 aliphatic heterocycles. The van der Waals surface area contributed by atoms with Crippen molar-refractivity contribution in [3.8, 4) is 17.2 Å². The number of hydrazone groups is 1. The fourth-order valence-corrected chi connectivity index (χ4v) is 5.12. The molecule has 1 amide bonds. The van der Waals surface area contributed by atoms with Crippen LogP contribution in [0.25, 0.3) is 6.08 Å². The van der Waals surface area contributed by atoms with Crippen LogP contribution < -0.4 is 14.2 Å². The Kier molecular flexibility index (Phi) is 7.99. The molecule has 2 heterocycles. The molecule has 0 aliphatic carbocycles. The van der Waals surface area contributed by atoms with E-state index >= 15 is 0 Å². The molecule has 0 fully saturated rings. The average molecular weight is 569 g/mol. The van der Waals surface area contributed by atoms with Gasteiger partial charge in [0.05, 0.1) is 12.7 Å². The molecule has 0 aromatic heterocycles. The second-order valence-electron chi connectivity index (χ2n) is 10.7. The first-order chi connectivity index (χ1) is 19.6. The Morgan fingerprint density at radius 3 is 2.34 bits per heavy atom. The maximum Gasteiger partial charge on any atom is 0.283 e. The number of nitrogens with zero attached hydrogens (tertiary/aromatic N) is 3. The Bertz CT molecular complexity index is 1570. The summed E-state index contributed by atoms with van der Waals surface area (Å²) in [4.78, 5) is 17.1. The SMILES string of the molecule is COc1cc(/C=C2\C(=N)N3N=C(c4ccc(C)cc4)SC3=NC2=O)ccc1OCCOc1ccc(C(C)(C)C)cc1. The first kappa shape index (κ1) is 28.2. The molecule has 8 nitrogen and oxygen atoms in total. The fourth-order valence-electron chi connectivity index (χ4n) is 4.23. The zero-order chi connectivity index (χ0) is 29.1. The van der Waals surface area contributed by atoms with E-state index in [1.807, 2.05) is 43.3 Å². The van der Waals surface area contributed by atoms with Gasteiger partial charge in [-0.25, -0.2) is 0 Å². The van der Waals surface area contributed by atoms with Crippen molar-refractivity contribution in [3.63, 3.8) is 0 Å². The summed E-state index contributed by atoms with van der Waals surface area (Å²) in [6.45, 7) is 9.24. The van der Waals surface area contributed by atoms with Crippen LogP contribution in [0, 0.1) is 12.3 Å². The average Bonchev–Trinajstić information content (AvgIpc) is 3.38. The van der Waals surface area contributed by atoms with Crippen LogP contribution in [-0.4, -0.2) is 47.3 Å². The zero-order valence-corrected chi connectivity index (χ0v) is 24.5. The highest BCUT2D eigenvalue weighted by atomic mass is 32.2. The van der Waals surface area contributed by atoms with E-state index in [9.17, 15) is 4.79 Å². The van der Waals surface area contributed by atoms with E-state index in [1.165, 1.54) is 22.3 Å². The largest absolute Gasteiger partial charge is 0.493 e. The molecule has 5 rings (SSSR count). The number of aliphatic imine (C=N–C) groups is 1. The number of nitrogens with one attached hydrogen (secondary N) is 1. The lowest BCUT2D eigenvalue weighted by Gasteiger charge is -2.20. The van der Waals surface area contributed by atoms with Gasteiger partial charge in [0.2, 0.25) is 5.17 Å². The number of amides is 1. The summed E-state index contributed by atoms with van der Waals surface area (Å²) in [7, 11) is 1.56. The molecule has 41 heavy (non-hydrogen) atoms. The van der Waals surface area contributed by atoms with Crippen LogP contribution in [0.3, 0.4) is 0 Å². The topological polar surface area (TPSA) is 96.6 Å². The number of benzene rings is 3. The highest BCUT2D eigenvalue weighted by Gasteiger charge is 2.36. The second-order valence-corrected chi connectivity index (χ2v) is 11.6. The van der Waals surface area contributed by atoms with E-state index in [2.05, 4.69) is 43.0 Å². The third-order valence-corrected chi connectivity index (χ3v) is 7.54. The van der Waals surface area contributed by atoms with Crippen molar-refractivity contribution in [2.75, 3.05) is 20.3 Å². The minimum Gasteiger partial charge on any atom is -0.493 e. The molecule has 2 aliphatic rings. The van der Waals surface area contributed by atoms with Gasteiger partial charge in [-0.1, -0.05) is 68.8 Å². The standard InChI is InChI=1S/C32H32N4O4S/c1-20-6-9-22(10-7-20)30-35-36-28(33)25(29(37)34-31(36)41-30)18-21-8-15-26(27(19-21)38-5)40-17-16-39-24-13-11-23(12-14-24)32(2,3)4/h6-15,18-19,33H,16-17H2,1-5H3/b25-18+,33-28?. The third-order valence-electron chi connectivity index (χ3n) is 6.58. The summed E-state index contributed by atoms with van der Waals surface area (Å²) in [6.07, 6.45) is 1.62. The molecule has 9 heteroatoms. The predicted octanol–water partition coefficient (Wildman–Crippen LogP) is 6.43. The van der Waals surface area contributed by atoms with Gasteiger partial charge in [0.1, 0.15) is 24.0 Å². The van der Waals surface area contributed by atoms with Gasteiger partial charge < -0.3 is 14.2 Å². The number of amidine groups is 2. The molecule has 210 valence electrons. The van der Waals surface area contributed by atoms with Crippen molar-refractivity contribution in [1.29, 1.82) is 5.41 Å². The van der Waals surface area contributed by atoms with E-state index in [4.69, 9.17) is 19.6 Å². The van der Waals surface area contributed by atoms with E-state index < -0.39 is 5.91 Å². The van der Waals surface area contributed by atoms with Gasteiger partial charge >= 0.3 is 0 Å². The van der Waals surface area contributed by atoms with Gasteiger partial charge in [0.15, 0.2) is 17.3 Å². The lowest BCUT2D eigenvalue weighted by atomic mass is 9.87. The van der Waals surface area contributed by atoms with Crippen LogP contribution in [-0.2, 0) is 10.2 Å². The number of methoxy groups -OCH3 is 1. The minimum atomic E-state index is -0.485. The Labute approximate surface area is 244 Å². The molecule has 0 unspecified atom stereocenters. The number of thioether (sulfide) groups is 1. The highest BCUT2D eigenvalue weighted by Crippen LogP contribution is 2.33. The lowest BCUT2D eigenvalue weighted by Crippen LogP contribution is -2.35. The molecule has 0 saturated carbocycles. The number of rotatable bonds is 8. The minimum absolute atomic E-state index is 0.0263. The van der Waals surface area contributed by atoms with Crippen molar-refractivity contribution in [2.45, 2.75) is 33.1 Å². The molecule has 3 aromatic rings. The third kappa shape index (κ3) is 6.36. The van der Waals surface area contributed by atoms with Crippen LogP contribution in [0.5, 0.6) is 17.2 Å². The predicted molar refractivity (Wildman–Crippen MR) is 164 cm³/mol. The quantitative estimate of drug-likeness (QED) is 0.249. The van der Waals surface area contributed by atoms with Gasteiger partial charge in [-0.15, -0.1) is 0 Å². The molecule has 1 N–H and O–H groups in total. The van der Waals surface area contributed by atoms with Crippen LogP contribution in [0.4, 0.5) is 0 Å². The number of ether oxygens (including phenoxy) is 3. The number of carbonyl (C=O) groups is 1. The normalized spacial score (nSPS) is 15.9. The maximum atomic E-state index is 12.9. The van der Waals surface area contributed by atoms with Crippen LogP contribution in [0.1, 0.15) is 43.0 Å². The molecule has 0 atom stereocenters. The summed E-state index contributed by atoms with van der Waals surface area (Å²) in [6, 6.07) is 21.4. The smallest absolute Gasteiger partial charge is 0.283 e. The lowest BCUT2D eigenvalue weighted by molar-refractivity contribution is -0.114. The Morgan fingerprint density at radius 2 is 1.66 bits per heavy atom. The summed E-state index contributed by atoms with van der Waals surface area (Å²) >= 11 is 1.28. The molecule has 3 aromatic carbocycles. The Hall–Kier alpha value is -4.37. The van der Waals surface area contributed by atoms with E-state index in [0.29, 0.717) is 40.5 Å². The van der Waals surface area contributed by atoms with Crippen molar-refractivity contribution >= 4 is 39.8 Å². The van der Waals surface area contributed by atoms with Gasteiger partial charge in [-0.3, -0.25) is 10.2 Å². The monoisotopic (exact) mass is 568 g/mol. The molecule has 0 spiro atoms. The number of fused-ring (bicyclic) bond motifs is 1. The molecule has 0 saturated heterocycles. The van der Waals surface area contributed by atoms with Crippen molar-refractivity contribution in [2.24, 2.45) is 10.1 Å². The van der Waals surface area contributed by atoms with Gasteiger partial charge in [-0.2, -0.15) is 15.1 Å². The van der Waals surface area contributed by atoms with Crippen molar-refractivity contribution < 1.29 is 19.0 Å². The van der Waals surface area contributed by atoms with E-state index in [-0.39, 0.29) is 16.8 Å². The molecular weight excluding hydrogens is 536 g/mol. The zero-order valence-electron chi connectivity index (χ0n) is 23.7. The number of hydrogen-bond donors (Lipinski definition) is 1. The van der Waals surface area contributed by atoms with Crippen LogP contribution in [0.15, 0.2) is 82.4 Å². The van der Waals surface area contributed by atoms with Gasteiger partial charge in [0.25, 0.3) is 5.91 Å².